The summed E-state index contributed by atoms with van der Waals surface area (Å²) in [6.07, 6.45) is 2.82. The van der Waals surface area contributed by atoms with E-state index in [1.807, 2.05) is 13.0 Å². The fourth-order valence-corrected chi connectivity index (χ4v) is 2.46. The molecule has 3 aromatic rings. The van der Waals surface area contributed by atoms with Gasteiger partial charge in [0.05, 0.1) is 11.5 Å². The van der Waals surface area contributed by atoms with Gasteiger partial charge in [0.15, 0.2) is 6.20 Å². The highest BCUT2D eigenvalue weighted by molar-refractivity contribution is 7.18. The summed E-state index contributed by atoms with van der Waals surface area (Å²) in [6, 6.07) is 6.93. The van der Waals surface area contributed by atoms with Crippen LogP contribution in [0.1, 0.15) is 4.88 Å². The molecule has 0 spiro atoms. The monoisotopic (exact) mass is 259 g/mol. The largest absolute Gasteiger partial charge is 0.616 e. The lowest BCUT2D eigenvalue weighted by Gasteiger charge is -2.04. The molecule has 0 fully saturated rings. The number of hydrogen-bond acceptors (Lipinski definition) is 5. The van der Waals surface area contributed by atoms with Gasteiger partial charge in [-0.25, -0.2) is 9.97 Å². The number of pyridine rings is 1. The molecule has 3 heterocycles. The van der Waals surface area contributed by atoms with Gasteiger partial charge in [0.2, 0.25) is 5.88 Å². The SMILES string of the molecule is Cc1cc2c(Oc3cccc[n+]3[O-])ncnc2s1. The van der Waals surface area contributed by atoms with Crippen molar-refractivity contribution in [3.8, 4) is 11.8 Å². The Morgan fingerprint density at radius 2 is 2.22 bits per heavy atom. The van der Waals surface area contributed by atoms with Gasteiger partial charge in [-0.15, -0.1) is 16.1 Å². The Morgan fingerprint density at radius 3 is 3.06 bits per heavy atom. The van der Waals surface area contributed by atoms with Crippen molar-refractivity contribution in [2.45, 2.75) is 6.92 Å². The van der Waals surface area contributed by atoms with Crippen LogP contribution >= 0.6 is 11.3 Å². The van der Waals surface area contributed by atoms with Crippen molar-refractivity contribution >= 4 is 21.6 Å². The minimum atomic E-state index is 0.196. The number of aromatic nitrogens is 3. The molecule has 0 radical (unpaired) electrons. The molecule has 0 aromatic carbocycles. The topological polar surface area (TPSA) is 62.0 Å². The third-order valence-electron chi connectivity index (χ3n) is 2.41. The summed E-state index contributed by atoms with van der Waals surface area (Å²) in [5.41, 5.74) is 0. The molecule has 0 aliphatic carbocycles. The van der Waals surface area contributed by atoms with Gasteiger partial charge in [-0.05, 0) is 19.1 Å². The predicted molar refractivity (Wildman–Crippen MR) is 67.6 cm³/mol. The first-order chi connectivity index (χ1) is 8.74. The molecule has 90 valence electrons. The van der Waals surface area contributed by atoms with E-state index in [4.69, 9.17) is 4.74 Å². The molecule has 18 heavy (non-hydrogen) atoms. The second-order valence-electron chi connectivity index (χ2n) is 3.72. The number of nitrogens with zero attached hydrogens (tertiary/aromatic N) is 3. The molecule has 0 N–H and O–H groups in total. The van der Waals surface area contributed by atoms with E-state index in [1.165, 1.54) is 12.5 Å². The summed E-state index contributed by atoms with van der Waals surface area (Å²) in [7, 11) is 0. The summed E-state index contributed by atoms with van der Waals surface area (Å²) in [6.45, 7) is 1.99. The zero-order chi connectivity index (χ0) is 12.5. The molecule has 0 saturated carbocycles. The van der Waals surface area contributed by atoms with Crippen LogP contribution < -0.4 is 9.47 Å². The zero-order valence-electron chi connectivity index (χ0n) is 9.53. The number of fused-ring (bicyclic) bond motifs is 1. The highest BCUT2D eigenvalue weighted by Crippen LogP contribution is 2.30. The first-order valence-electron chi connectivity index (χ1n) is 5.31. The van der Waals surface area contributed by atoms with E-state index in [2.05, 4.69) is 9.97 Å². The van der Waals surface area contributed by atoms with E-state index in [0.29, 0.717) is 10.6 Å². The highest BCUT2D eigenvalue weighted by atomic mass is 32.1. The van der Waals surface area contributed by atoms with Crippen molar-refractivity contribution in [2.75, 3.05) is 0 Å². The lowest BCUT2D eigenvalue weighted by atomic mass is 10.3. The predicted octanol–water partition coefficient (Wildman–Crippen LogP) is 2.43. The van der Waals surface area contributed by atoms with Gasteiger partial charge in [0, 0.05) is 10.9 Å². The van der Waals surface area contributed by atoms with Crippen LogP contribution in [0.2, 0.25) is 0 Å². The van der Waals surface area contributed by atoms with Crippen LogP contribution in [0.5, 0.6) is 11.8 Å². The van der Waals surface area contributed by atoms with Gasteiger partial charge in [-0.1, -0.05) is 0 Å². The van der Waals surface area contributed by atoms with E-state index < -0.39 is 0 Å². The first-order valence-corrected chi connectivity index (χ1v) is 6.13. The molecule has 0 saturated heterocycles. The molecular formula is C12H9N3O2S. The maximum atomic E-state index is 11.5. The van der Waals surface area contributed by atoms with Crippen LogP contribution in [0, 0.1) is 12.1 Å². The number of thiophene rings is 1. The standard InChI is InChI=1S/C12H9N3O2S/c1-8-6-9-11(13-7-14-12(9)18-8)17-10-4-2-3-5-15(10)16/h2-7H,1H3. The molecule has 0 atom stereocenters. The van der Waals surface area contributed by atoms with E-state index in [1.54, 1.807) is 29.5 Å². The van der Waals surface area contributed by atoms with Crippen LogP contribution in [0.3, 0.4) is 0 Å². The van der Waals surface area contributed by atoms with E-state index in [0.717, 1.165) is 15.1 Å². The number of ether oxygens (including phenoxy) is 1. The van der Waals surface area contributed by atoms with Gasteiger partial charge in [-0.3, -0.25) is 0 Å². The molecule has 5 nitrogen and oxygen atoms in total. The zero-order valence-corrected chi connectivity index (χ0v) is 10.3. The van der Waals surface area contributed by atoms with Gasteiger partial charge in [-0.2, -0.15) is 0 Å². The molecule has 6 heteroatoms. The van der Waals surface area contributed by atoms with Crippen LogP contribution in [0.15, 0.2) is 36.8 Å². The van der Waals surface area contributed by atoms with Crippen molar-refractivity contribution in [2.24, 2.45) is 0 Å². The molecule has 3 rings (SSSR count). The quantitative estimate of drug-likeness (QED) is 0.524. The van der Waals surface area contributed by atoms with E-state index in [-0.39, 0.29) is 5.88 Å². The molecule has 0 aliphatic rings. The van der Waals surface area contributed by atoms with Gasteiger partial charge >= 0.3 is 5.88 Å². The molecule has 3 aromatic heterocycles. The first kappa shape index (κ1) is 10.9. The van der Waals surface area contributed by atoms with E-state index >= 15 is 0 Å². The highest BCUT2D eigenvalue weighted by Gasteiger charge is 2.12. The molecule has 0 aliphatic heterocycles. The van der Waals surface area contributed by atoms with Crippen LogP contribution in [-0.2, 0) is 0 Å². The van der Waals surface area contributed by atoms with Crippen molar-refractivity contribution < 1.29 is 9.47 Å². The summed E-state index contributed by atoms with van der Waals surface area (Å²) < 4.78 is 6.20. The number of rotatable bonds is 2. The second-order valence-corrected chi connectivity index (χ2v) is 4.96. The van der Waals surface area contributed by atoms with Gasteiger partial charge in [0.25, 0.3) is 0 Å². The van der Waals surface area contributed by atoms with Crippen molar-refractivity contribution in [1.82, 2.24) is 9.97 Å². The molecule has 0 amide bonds. The average molecular weight is 259 g/mol. The Bertz CT molecular complexity index is 711. The van der Waals surface area contributed by atoms with Crippen LogP contribution in [0.4, 0.5) is 0 Å². The Labute approximate surface area is 107 Å². The molecular weight excluding hydrogens is 250 g/mol. The maximum Gasteiger partial charge on any atom is 0.386 e. The summed E-state index contributed by atoms with van der Waals surface area (Å²) in [5.74, 6) is 0.599. The summed E-state index contributed by atoms with van der Waals surface area (Å²) >= 11 is 1.57. The summed E-state index contributed by atoms with van der Waals surface area (Å²) in [4.78, 5) is 10.2. The minimum Gasteiger partial charge on any atom is -0.616 e. The Balaban J connectivity index is 2.07. The fraction of sp³-hybridized carbons (Fsp3) is 0.0833. The Morgan fingerprint density at radius 1 is 1.33 bits per heavy atom. The van der Waals surface area contributed by atoms with Crippen LogP contribution in [0.25, 0.3) is 10.2 Å². The third kappa shape index (κ3) is 1.86. The van der Waals surface area contributed by atoms with Gasteiger partial charge < -0.3 is 9.94 Å². The van der Waals surface area contributed by atoms with Gasteiger partial charge in [0.1, 0.15) is 11.2 Å². The minimum absolute atomic E-state index is 0.196. The maximum absolute atomic E-state index is 11.5. The number of aryl methyl sites for hydroxylation is 1. The molecule has 0 unspecified atom stereocenters. The Kier molecular flexibility index (Phi) is 2.56. The smallest absolute Gasteiger partial charge is 0.386 e. The van der Waals surface area contributed by atoms with E-state index in [9.17, 15) is 5.21 Å². The van der Waals surface area contributed by atoms with Crippen LogP contribution in [-0.4, -0.2) is 9.97 Å². The summed E-state index contributed by atoms with van der Waals surface area (Å²) in [5, 5.41) is 12.3. The third-order valence-corrected chi connectivity index (χ3v) is 3.36. The molecule has 0 bridgehead atoms. The average Bonchev–Trinajstić information content (AvgIpc) is 2.73. The second kappa shape index (κ2) is 4.23. The Hall–Kier alpha value is -2.21. The fourth-order valence-electron chi connectivity index (χ4n) is 1.63. The lowest BCUT2D eigenvalue weighted by molar-refractivity contribution is -0.611. The number of hydrogen-bond donors (Lipinski definition) is 0. The lowest BCUT2D eigenvalue weighted by Crippen LogP contribution is -2.26. The van der Waals surface area contributed by atoms with Crippen molar-refractivity contribution in [3.63, 3.8) is 0 Å². The van der Waals surface area contributed by atoms with Crippen molar-refractivity contribution in [1.29, 1.82) is 0 Å². The van der Waals surface area contributed by atoms with Crippen molar-refractivity contribution in [3.05, 3.63) is 46.9 Å². The normalized spacial score (nSPS) is 10.7.